The van der Waals surface area contributed by atoms with Crippen molar-refractivity contribution in [3.63, 3.8) is 0 Å². The van der Waals surface area contributed by atoms with Gasteiger partial charge >= 0.3 is 0 Å². The van der Waals surface area contributed by atoms with Gasteiger partial charge in [0.2, 0.25) is 0 Å². The third-order valence-corrected chi connectivity index (χ3v) is 4.48. The zero-order valence-corrected chi connectivity index (χ0v) is 21.4. The lowest BCUT2D eigenvalue weighted by atomic mass is 10.1. The molecular weight excluding hydrogens is 406 g/mol. The fourth-order valence-electron chi connectivity index (χ4n) is 2.92. The van der Waals surface area contributed by atoms with E-state index in [0.29, 0.717) is 0 Å². The molecule has 33 heavy (non-hydrogen) atoms. The quantitative estimate of drug-likeness (QED) is 0.402. The standard InChI is InChI=1S/C24H27N3.2C2H6.CH2O/c1-18-11-13-21(14-12-18)17-26-20(3)16-23(24-19(2)8-7-15-25-24)27-22-9-5-4-6-10-22;3*1-2/h4-16,20,26-27H,17H2,1-3H3;2*1-2H3;1H2/b23-16+;;;. The van der Waals surface area contributed by atoms with Crippen LogP contribution in [0.1, 0.15) is 57.0 Å². The van der Waals surface area contributed by atoms with Crippen molar-refractivity contribution in [2.75, 3.05) is 5.32 Å². The van der Waals surface area contributed by atoms with Crippen molar-refractivity contribution in [2.24, 2.45) is 0 Å². The Morgan fingerprint density at radius 1 is 0.909 bits per heavy atom. The first-order valence-electron chi connectivity index (χ1n) is 11.7. The van der Waals surface area contributed by atoms with E-state index in [1.165, 1.54) is 11.1 Å². The van der Waals surface area contributed by atoms with Gasteiger partial charge in [-0.1, -0.05) is 81.8 Å². The summed E-state index contributed by atoms with van der Waals surface area (Å²) in [7, 11) is 0. The molecule has 1 unspecified atom stereocenters. The minimum atomic E-state index is 0.193. The summed E-state index contributed by atoms with van der Waals surface area (Å²) in [5.74, 6) is 0. The summed E-state index contributed by atoms with van der Waals surface area (Å²) in [6.07, 6.45) is 4.05. The Balaban J connectivity index is 0.00000158. The molecular formula is C29H41N3O. The molecule has 0 spiro atoms. The van der Waals surface area contributed by atoms with Crippen molar-refractivity contribution in [1.82, 2.24) is 10.3 Å². The zero-order chi connectivity index (χ0) is 25.1. The molecule has 0 bridgehead atoms. The molecule has 178 valence electrons. The number of nitrogens with one attached hydrogen (secondary N) is 2. The van der Waals surface area contributed by atoms with Gasteiger partial charge in [-0.2, -0.15) is 0 Å². The SMILES string of the molecule is C=O.CC.CC.Cc1ccc(CNC(C)/C=C(/Nc2ccccc2)c2ncccc2C)cc1. The number of nitrogens with zero attached hydrogens (tertiary/aromatic N) is 1. The van der Waals surface area contributed by atoms with E-state index in [2.05, 4.69) is 84.9 Å². The average molecular weight is 448 g/mol. The van der Waals surface area contributed by atoms with E-state index < -0.39 is 0 Å². The van der Waals surface area contributed by atoms with E-state index in [0.717, 1.165) is 29.2 Å². The van der Waals surface area contributed by atoms with Crippen LogP contribution in [0.25, 0.3) is 5.70 Å². The van der Waals surface area contributed by atoms with E-state index in [-0.39, 0.29) is 6.04 Å². The molecule has 0 saturated heterocycles. The summed E-state index contributed by atoms with van der Waals surface area (Å²) >= 11 is 0. The monoisotopic (exact) mass is 447 g/mol. The molecule has 3 aromatic rings. The lowest BCUT2D eigenvalue weighted by Crippen LogP contribution is -2.24. The van der Waals surface area contributed by atoms with Crippen molar-refractivity contribution in [3.05, 3.63) is 101 Å². The predicted molar refractivity (Wildman–Crippen MR) is 144 cm³/mol. The lowest BCUT2D eigenvalue weighted by molar-refractivity contribution is -0.0979. The molecule has 0 radical (unpaired) electrons. The molecule has 3 rings (SSSR count). The maximum Gasteiger partial charge on any atom is 0.106 e. The van der Waals surface area contributed by atoms with Gasteiger partial charge in [-0.15, -0.1) is 0 Å². The number of anilines is 1. The van der Waals surface area contributed by atoms with Crippen LogP contribution in [-0.4, -0.2) is 17.8 Å². The Hall–Kier alpha value is -3.24. The Bertz CT molecular complexity index is 906. The van der Waals surface area contributed by atoms with Gasteiger partial charge in [0.05, 0.1) is 11.4 Å². The molecule has 0 aliphatic heterocycles. The van der Waals surface area contributed by atoms with Crippen molar-refractivity contribution < 1.29 is 4.79 Å². The Morgan fingerprint density at radius 2 is 1.52 bits per heavy atom. The second kappa shape index (κ2) is 18.3. The highest BCUT2D eigenvalue weighted by molar-refractivity contribution is 5.76. The second-order valence-corrected chi connectivity index (χ2v) is 6.90. The average Bonchev–Trinajstić information content (AvgIpc) is 2.88. The van der Waals surface area contributed by atoms with E-state index >= 15 is 0 Å². The lowest BCUT2D eigenvalue weighted by Gasteiger charge is -2.16. The highest BCUT2D eigenvalue weighted by Gasteiger charge is 2.09. The van der Waals surface area contributed by atoms with Gasteiger partial charge in [-0.25, -0.2) is 0 Å². The third kappa shape index (κ3) is 11.3. The molecule has 1 atom stereocenters. The number of aromatic nitrogens is 1. The molecule has 4 heteroatoms. The molecule has 2 N–H and O–H groups in total. The Morgan fingerprint density at radius 3 is 2.09 bits per heavy atom. The van der Waals surface area contributed by atoms with Gasteiger partial charge in [-0.05, 0) is 56.2 Å². The number of aryl methyl sites for hydroxylation is 2. The van der Waals surface area contributed by atoms with Crippen LogP contribution < -0.4 is 10.6 Å². The van der Waals surface area contributed by atoms with Gasteiger partial charge < -0.3 is 15.4 Å². The molecule has 0 fully saturated rings. The van der Waals surface area contributed by atoms with Gasteiger partial charge in [-0.3, -0.25) is 4.98 Å². The summed E-state index contributed by atoms with van der Waals surface area (Å²) in [4.78, 5) is 12.6. The molecule has 1 heterocycles. The molecule has 0 amide bonds. The first kappa shape index (κ1) is 29.8. The van der Waals surface area contributed by atoms with Gasteiger partial charge in [0.1, 0.15) is 6.79 Å². The smallest absolute Gasteiger partial charge is 0.106 e. The van der Waals surface area contributed by atoms with E-state index in [4.69, 9.17) is 4.79 Å². The maximum atomic E-state index is 8.00. The number of hydrogen-bond donors (Lipinski definition) is 2. The number of para-hydroxylation sites is 1. The topological polar surface area (TPSA) is 54.0 Å². The van der Waals surface area contributed by atoms with Gasteiger partial charge in [0.15, 0.2) is 0 Å². The Kier molecular flexibility index (Phi) is 16.5. The fraction of sp³-hybridized carbons (Fsp3) is 0.310. The number of rotatable bonds is 7. The summed E-state index contributed by atoms with van der Waals surface area (Å²) in [5, 5.41) is 7.11. The maximum absolute atomic E-state index is 8.00. The first-order valence-corrected chi connectivity index (χ1v) is 11.7. The van der Waals surface area contributed by atoms with Crippen LogP contribution in [0, 0.1) is 13.8 Å². The summed E-state index contributed by atoms with van der Waals surface area (Å²) in [6, 6.07) is 23.1. The predicted octanol–water partition coefficient (Wildman–Crippen LogP) is 7.20. The minimum absolute atomic E-state index is 0.193. The normalized spacial score (nSPS) is 10.8. The number of hydrogen-bond acceptors (Lipinski definition) is 4. The summed E-state index contributed by atoms with van der Waals surface area (Å²) in [6.45, 7) is 17.2. The number of pyridine rings is 1. The van der Waals surface area contributed by atoms with Crippen molar-refractivity contribution in [3.8, 4) is 0 Å². The largest absolute Gasteiger partial charge is 0.354 e. The fourth-order valence-corrected chi connectivity index (χ4v) is 2.92. The number of benzene rings is 2. The van der Waals surface area contributed by atoms with Crippen LogP contribution in [-0.2, 0) is 11.3 Å². The molecule has 1 aromatic heterocycles. The molecule has 0 saturated carbocycles. The molecule has 0 aliphatic carbocycles. The summed E-state index contributed by atoms with van der Waals surface area (Å²) < 4.78 is 0. The van der Waals surface area contributed by atoms with E-state index in [9.17, 15) is 0 Å². The first-order chi connectivity index (χ1) is 16.1. The van der Waals surface area contributed by atoms with Crippen molar-refractivity contribution in [1.29, 1.82) is 0 Å². The van der Waals surface area contributed by atoms with Crippen molar-refractivity contribution >= 4 is 18.2 Å². The minimum Gasteiger partial charge on any atom is -0.354 e. The van der Waals surface area contributed by atoms with E-state index in [1.807, 2.05) is 64.9 Å². The van der Waals surface area contributed by atoms with Crippen LogP contribution in [0.15, 0.2) is 79.0 Å². The highest BCUT2D eigenvalue weighted by atomic mass is 16.1. The highest BCUT2D eigenvalue weighted by Crippen LogP contribution is 2.20. The molecule has 4 nitrogen and oxygen atoms in total. The van der Waals surface area contributed by atoms with Crippen LogP contribution in [0.4, 0.5) is 5.69 Å². The van der Waals surface area contributed by atoms with Crippen LogP contribution in [0.2, 0.25) is 0 Å². The zero-order valence-electron chi connectivity index (χ0n) is 21.4. The van der Waals surface area contributed by atoms with Gasteiger partial charge in [0.25, 0.3) is 0 Å². The number of carbonyl (C=O) groups excluding carboxylic acids is 1. The van der Waals surface area contributed by atoms with Crippen LogP contribution in [0.3, 0.4) is 0 Å². The second-order valence-electron chi connectivity index (χ2n) is 6.90. The van der Waals surface area contributed by atoms with Gasteiger partial charge in [0, 0.05) is 24.5 Å². The third-order valence-electron chi connectivity index (χ3n) is 4.48. The molecule has 0 aliphatic rings. The van der Waals surface area contributed by atoms with Crippen LogP contribution in [0.5, 0.6) is 0 Å². The van der Waals surface area contributed by atoms with Crippen molar-refractivity contribution in [2.45, 2.75) is 61.1 Å². The Labute approximate surface area is 201 Å². The van der Waals surface area contributed by atoms with Crippen LogP contribution >= 0.6 is 0 Å². The van der Waals surface area contributed by atoms with E-state index in [1.54, 1.807) is 0 Å². The molecule has 2 aromatic carbocycles. The number of carbonyl (C=O) groups is 1. The summed E-state index contributed by atoms with van der Waals surface area (Å²) in [5.41, 5.74) is 6.77.